The van der Waals surface area contributed by atoms with E-state index < -0.39 is 5.91 Å². The van der Waals surface area contributed by atoms with Gasteiger partial charge in [-0.25, -0.2) is 0 Å². The van der Waals surface area contributed by atoms with Gasteiger partial charge in [-0.05, 0) is 73.5 Å². The summed E-state index contributed by atoms with van der Waals surface area (Å²) in [4.78, 5) is 41.3. The molecule has 0 saturated heterocycles. The molecule has 2 N–H and O–H groups in total. The third-order valence-electron chi connectivity index (χ3n) is 7.72. The quantitative estimate of drug-likeness (QED) is 0.125. The van der Waals surface area contributed by atoms with Gasteiger partial charge in [0.05, 0.1) is 16.3 Å². The van der Waals surface area contributed by atoms with E-state index in [9.17, 15) is 14.4 Å². The largest absolute Gasteiger partial charge is 0.321 e. The first-order valence-electron chi connectivity index (χ1n) is 15.2. The summed E-state index contributed by atoms with van der Waals surface area (Å²) in [5, 5.41) is 7.50. The van der Waals surface area contributed by atoms with E-state index in [0.29, 0.717) is 17.7 Å². The summed E-state index contributed by atoms with van der Waals surface area (Å²) in [6.45, 7) is 3.99. The molecule has 1 aromatic heterocycles. The van der Waals surface area contributed by atoms with Crippen LogP contribution in [0.4, 0.5) is 5.69 Å². The Labute approximate surface area is 272 Å². The minimum absolute atomic E-state index is 0.0300. The van der Waals surface area contributed by atoms with Crippen LogP contribution in [0.15, 0.2) is 138 Å². The molecule has 0 saturated carbocycles. The lowest BCUT2D eigenvalue weighted by Gasteiger charge is -2.16. The van der Waals surface area contributed by atoms with Gasteiger partial charge in [-0.1, -0.05) is 91.3 Å². The number of thioether (sulfide) groups is 1. The first-order valence-corrected chi connectivity index (χ1v) is 16.0. The van der Waals surface area contributed by atoms with Gasteiger partial charge in [0.1, 0.15) is 5.70 Å². The fourth-order valence-corrected chi connectivity index (χ4v) is 6.46. The van der Waals surface area contributed by atoms with Crippen molar-refractivity contribution < 1.29 is 14.4 Å². The molecule has 1 atom stereocenters. The highest BCUT2D eigenvalue weighted by atomic mass is 32.2. The van der Waals surface area contributed by atoms with Crippen molar-refractivity contribution in [2.24, 2.45) is 0 Å². The molecule has 2 amide bonds. The number of rotatable bonds is 9. The maximum Gasteiger partial charge on any atom is 0.272 e. The number of aromatic nitrogens is 1. The lowest BCUT2D eigenvalue weighted by Crippen LogP contribution is -2.30. The maximum absolute atomic E-state index is 14.0. The summed E-state index contributed by atoms with van der Waals surface area (Å²) in [6.07, 6.45) is 2.32. The molecule has 0 spiro atoms. The lowest BCUT2D eigenvalue weighted by atomic mass is 10.1. The second-order valence-corrected chi connectivity index (χ2v) is 12.3. The molecule has 7 heteroatoms. The number of nitrogens with one attached hydrogen (secondary N) is 2. The third kappa shape index (κ3) is 6.65. The molecule has 0 aliphatic rings. The molecular formula is C39H33N3O3S. The Hall–Kier alpha value is -5.40. The van der Waals surface area contributed by atoms with Crippen molar-refractivity contribution >= 4 is 63.1 Å². The van der Waals surface area contributed by atoms with Crippen molar-refractivity contribution in [2.45, 2.75) is 30.4 Å². The van der Waals surface area contributed by atoms with Crippen LogP contribution in [-0.4, -0.2) is 27.5 Å². The van der Waals surface area contributed by atoms with Gasteiger partial charge in [-0.3, -0.25) is 19.0 Å². The van der Waals surface area contributed by atoms with Gasteiger partial charge in [-0.2, -0.15) is 0 Å². The number of aryl methyl sites for hydroxylation is 1. The number of amides is 2. The third-order valence-corrected chi connectivity index (χ3v) is 9.08. The fourth-order valence-electron chi connectivity index (χ4n) is 5.46. The zero-order chi connectivity index (χ0) is 32.0. The fraction of sp³-hybridized carbons (Fsp3) is 0.103. The van der Waals surface area contributed by atoms with Gasteiger partial charge in [0.2, 0.25) is 5.91 Å². The van der Waals surface area contributed by atoms with Gasteiger partial charge in [0.15, 0.2) is 0 Å². The summed E-state index contributed by atoms with van der Waals surface area (Å²) in [6, 6.07) is 39.9. The minimum atomic E-state index is -0.445. The molecule has 6 nitrogen and oxygen atoms in total. The lowest BCUT2D eigenvalue weighted by molar-refractivity contribution is -0.113. The molecule has 1 heterocycles. The first-order chi connectivity index (χ1) is 22.4. The molecule has 1 unspecified atom stereocenters. The standard InChI is InChI=1S/C39H33N3O3S/c1-3-36(39(45)42-34-18-9-7-16-31(34)32-17-8-10-19-35(32)42)46-30-22-20-29(21-23-30)40-38(44)33(25-27-13-11-12-26(2)24-27)41-37(43)28-14-5-4-6-15-28/h4-25,36H,3H2,1-2H3,(H,40,44)(H,41,43)/b33-25-. The molecule has 0 radical (unpaired) electrons. The van der Waals surface area contributed by atoms with Crippen molar-refractivity contribution in [3.05, 3.63) is 150 Å². The molecule has 0 aliphatic carbocycles. The van der Waals surface area contributed by atoms with Crippen LogP contribution in [0.25, 0.3) is 27.9 Å². The Morgan fingerprint density at radius 3 is 2.02 bits per heavy atom. The van der Waals surface area contributed by atoms with E-state index in [1.54, 1.807) is 42.5 Å². The molecule has 5 aromatic carbocycles. The summed E-state index contributed by atoms with van der Waals surface area (Å²) in [7, 11) is 0. The molecule has 6 aromatic rings. The Bertz CT molecular complexity index is 2030. The molecule has 0 aliphatic heterocycles. The van der Waals surface area contributed by atoms with Crippen LogP contribution in [0.5, 0.6) is 0 Å². The number of benzene rings is 5. The van der Waals surface area contributed by atoms with E-state index in [2.05, 4.69) is 22.8 Å². The Morgan fingerprint density at radius 2 is 1.39 bits per heavy atom. The van der Waals surface area contributed by atoms with E-state index in [1.165, 1.54) is 11.8 Å². The predicted molar refractivity (Wildman–Crippen MR) is 188 cm³/mol. The molecule has 0 bridgehead atoms. The number of fused-ring (bicyclic) bond motifs is 3. The zero-order valence-electron chi connectivity index (χ0n) is 25.6. The van der Waals surface area contributed by atoms with Crippen LogP contribution >= 0.6 is 11.8 Å². The number of anilines is 1. The first kappa shape index (κ1) is 30.6. The van der Waals surface area contributed by atoms with Crippen LogP contribution in [0.3, 0.4) is 0 Å². The smallest absolute Gasteiger partial charge is 0.272 e. The van der Waals surface area contributed by atoms with Crippen molar-refractivity contribution in [1.82, 2.24) is 9.88 Å². The van der Waals surface area contributed by atoms with Crippen LogP contribution < -0.4 is 10.6 Å². The average Bonchev–Trinajstić information content (AvgIpc) is 3.42. The Morgan fingerprint density at radius 1 is 0.761 bits per heavy atom. The van der Waals surface area contributed by atoms with Crippen LogP contribution in [-0.2, 0) is 4.79 Å². The van der Waals surface area contributed by atoms with Crippen LogP contribution in [0, 0.1) is 6.92 Å². The second kappa shape index (κ2) is 13.7. The number of carbonyl (C=O) groups is 3. The summed E-state index contributed by atoms with van der Waals surface area (Å²) in [5.74, 6) is -0.790. The molecule has 6 rings (SSSR count). The van der Waals surface area contributed by atoms with Crippen molar-refractivity contribution in [3.8, 4) is 0 Å². The van der Waals surface area contributed by atoms with Gasteiger partial charge in [-0.15, -0.1) is 11.8 Å². The number of nitrogens with zero attached hydrogens (tertiary/aromatic N) is 1. The molecule has 46 heavy (non-hydrogen) atoms. The zero-order valence-corrected chi connectivity index (χ0v) is 26.4. The second-order valence-electron chi connectivity index (χ2n) is 11.0. The summed E-state index contributed by atoms with van der Waals surface area (Å²) in [5.41, 5.74) is 4.79. The van der Waals surface area contributed by atoms with Crippen molar-refractivity contribution in [3.63, 3.8) is 0 Å². The van der Waals surface area contributed by atoms with Crippen molar-refractivity contribution in [2.75, 3.05) is 5.32 Å². The number of carbonyl (C=O) groups excluding carboxylic acids is 3. The molecule has 0 fully saturated rings. The number of para-hydroxylation sites is 2. The number of hydrogen-bond donors (Lipinski definition) is 2. The van der Waals surface area contributed by atoms with E-state index in [0.717, 1.165) is 37.8 Å². The molecular weight excluding hydrogens is 591 g/mol. The van der Waals surface area contributed by atoms with Crippen LogP contribution in [0.2, 0.25) is 0 Å². The highest BCUT2D eigenvalue weighted by Gasteiger charge is 2.24. The maximum atomic E-state index is 14.0. The van der Waals surface area contributed by atoms with E-state index >= 15 is 0 Å². The average molecular weight is 624 g/mol. The van der Waals surface area contributed by atoms with E-state index in [1.807, 2.05) is 97.3 Å². The Balaban J connectivity index is 1.20. The topological polar surface area (TPSA) is 80.2 Å². The Kier molecular flexibility index (Phi) is 9.13. The molecule has 228 valence electrons. The van der Waals surface area contributed by atoms with E-state index in [4.69, 9.17) is 0 Å². The minimum Gasteiger partial charge on any atom is -0.321 e. The van der Waals surface area contributed by atoms with Gasteiger partial charge >= 0.3 is 0 Å². The predicted octanol–water partition coefficient (Wildman–Crippen LogP) is 8.72. The van der Waals surface area contributed by atoms with Gasteiger partial charge in [0.25, 0.3) is 11.8 Å². The monoisotopic (exact) mass is 623 g/mol. The van der Waals surface area contributed by atoms with Gasteiger partial charge in [0, 0.05) is 26.9 Å². The van der Waals surface area contributed by atoms with Crippen molar-refractivity contribution in [1.29, 1.82) is 0 Å². The number of hydrogen-bond acceptors (Lipinski definition) is 4. The highest BCUT2D eigenvalue weighted by molar-refractivity contribution is 8.00. The normalized spacial score (nSPS) is 12.2. The summed E-state index contributed by atoms with van der Waals surface area (Å²) < 4.78 is 1.84. The van der Waals surface area contributed by atoms with E-state index in [-0.39, 0.29) is 22.8 Å². The van der Waals surface area contributed by atoms with Gasteiger partial charge < -0.3 is 10.6 Å². The summed E-state index contributed by atoms with van der Waals surface area (Å²) >= 11 is 1.50. The van der Waals surface area contributed by atoms with Crippen LogP contribution in [0.1, 0.15) is 39.6 Å². The highest BCUT2D eigenvalue weighted by Crippen LogP contribution is 2.33. The SMILES string of the molecule is CCC(Sc1ccc(NC(=O)/C(=C/c2cccc(C)c2)NC(=O)c2ccccc2)cc1)C(=O)n1c2ccccc2c2ccccc21.